The third-order valence-electron chi connectivity index (χ3n) is 2.51. The first-order chi connectivity index (χ1) is 7.10. The monoisotopic (exact) mass is 209 g/mol. The van der Waals surface area contributed by atoms with Gasteiger partial charge in [0.05, 0.1) is 14.2 Å². The van der Waals surface area contributed by atoms with Crippen molar-refractivity contribution in [2.75, 3.05) is 14.2 Å². The maximum atomic E-state index is 6.06. The van der Waals surface area contributed by atoms with Crippen LogP contribution < -0.4 is 15.2 Å². The van der Waals surface area contributed by atoms with E-state index in [4.69, 9.17) is 15.2 Å². The molecule has 0 radical (unpaired) electrons. The van der Waals surface area contributed by atoms with Gasteiger partial charge in [-0.2, -0.15) is 0 Å². The van der Waals surface area contributed by atoms with Gasteiger partial charge in [-0.1, -0.05) is 19.9 Å². The number of nitrogens with two attached hydrogens (primary N) is 1. The summed E-state index contributed by atoms with van der Waals surface area (Å²) in [6.45, 7) is 4.20. The van der Waals surface area contributed by atoms with Crippen LogP contribution in [0.3, 0.4) is 0 Å². The summed E-state index contributed by atoms with van der Waals surface area (Å²) in [5.41, 5.74) is 7.13. The Kier molecular flexibility index (Phi) is 3.97. The van der Waals surface area contributed by atoms with Crippen LogP contribution in [0.25, 0.3) is 0 Å². The van der Waals surface area contributed by atoms with Gasteiger partial charge in [0.25, 0.3) is 0 Å². The van der Waals surface area contributed by atoms with E-state index < -0.39 is 0 Å². The van der Waals surface area contributed by atoms with Crippen LogP contribution in [-0.2, 0) is 0 Å². The summed E-state index contributed by atoms with van der Waals surface area (Å²) in [4.78, 5) is 0. The van der Waals surface area contributed by atoms with Crippen LogP contribution in [0.2, 0.25) is 0 Å². The molecule has 3 heteroatoms. The molecule has 0 aromatic heterocycles. The number of rotatable bonds is 4. The summed E-state index contributed by atoms with van der Waals surface area (Å²) in [5, 5.41) is 0. The summed E-state index contributed by atoms with van der Waals surface area (Å²) < 4.78 is 10.4. The third kappa shape index (κ3) is 2.63. The normalized spacial score (nSPS) is 12.7. The quantitative estimate of drug-likeness (QED) is 0.828. The van der Waals surface area contributed by atoms with Gasteiger partial charge in [0, 0.05) is 6.04 Å². The number of benzene rings is 1. The standard InChI is InChI=1S/C12H19NO2/c1-8(2)12(13)9-5-6-10(14-3)11(7-9)15-4/h5-8,12H,13H2,1-4H3. The van der Waals surface area contributed by atoms with Crippen LogP contribution in [-0.4, -0.2) is 14.2 Å². The van der Waals surface area contributed by atoms with E-state index in [2.05, 4.69) is 13.8 Å². The Hall–Kier alpha value is -1.22. The van der Waals surface area contributed by atoms with E-state index in [1.807, 2.05) is 18.2 Å². The fraction of sp³-hybridized carbons (Fsp3) is 0.500. The lowest BCUT2D eigenvalue weighted by Crippen LogP contribution is -2.16. The van der Waals surface area contributed by atoms with Crippen molar-refractivity contribution in [1.82, 2.24) is 0 Å². The Morgan fingerprint density at radius 1 is 1.07 bits per heavy atom. The predicted octanol–water partition coefficient (Wildman–Crippen LogP) is 2.36. The van der Waals surface area contributed by atoms with Crippen molar-refractivity contribution >= 4 is 0 Å². The van der Waals surface area contributed by atoms with Crippen LogP contribution >= 0.6 is 0 Å². The molecular weight excluding hydrogens is 190 g/mol. The van der Waals surface area contributed by atoms with Crippen molar-refractivity contribution in [2.24, 2.45) is 11.7 Å². The van der Waals surface area contributed by atoms with Crippen molar-refractivity contribution in [3.63, 3.8) is 0 Å². The highest BCUT2D eigenvalue weighted by atomic mass is 16.5. The Labute approximate surface area is 91.2 Å². The fourth-order valence-electron chi connectivity index (χ4n) is 1.45. The molecular formula is C12H19NO2. The van der Waals surface area contributed by atoms with Crippen molar-refractivity contribution in [1.29, 1.82) is 0 Å². The zero-order valence-electron chi connectivity index (χ0n) is 9.78. The molecule has 0 saturated heterocycles. The van der Waals surface area contributed by atoms with E-state index in [9.17, 15) is 0 Å². The van der Waals surface area contributed by atoms with E-state index in [-0.39, 0.29) is 6.04 Å². The minimum Gasteiger partial charge on any atom is -0.493 e. The molecule has 0 saturated carbocycles. The second-order valence-electron chi connectivity index (χ2n) is 3.88. The first-order valence-electron chi connectivity index (χ1n) is 5.07. The molecule has 0 aliphatic heterocycles. The summed E-state index contributed by atoms with van der Waals surface area (Å²) in [6, 6.07) is 5.83. The van der Waals surface area contributed by atoms with E-state index in [0.717, 1.165) is 17.1 Å². The molecule has 1 rings (SSSR count). The summed E-state index contributed by atoms with van der Waals surface area (Å²) in [5.74, 6) is 1.87. The van der Waals surface area contributed by atoms with Crippen LogP contribution in [0.5, 0.6) is 11.5 Å². The zero-order chi connectivity index (χ0) is 11.4. The molecule has 0 heterocycles. The largest absolute Gasteiger partial charge is 0.493 e. The fourth-order valence-corrected chi connectivity index (χ4v) is 1.45. The van der Waals surface area contributed by atoms with Gasteiger partial charge in [0.1, 0.15) is 0 Å². The number of methoxy groups -OCH3 is 2. The van der Waals surface area contributed by atoms with Gasteiger partial charge in [-0.25, -0.2) is 0 Å². The average Bonchev–Trinajstić information content (AvgIpc) is 2.26. The van der Waals surface area contributed by atoms with E-state index in [1.165, 1.54) is 0 Å². The lowest BCUT2D eigenvalue weighted by molar-refractivity contribution is 0.353. The van der Waals surface area contributed by atoms with Crippen LogP contribution in [0.15, 0.2) is 18.2 Å². The minimum atomic E-state index is 0.0322. The van der Waals surface area contributed by atoms with Crippen LogP contribution in [0, 0.1) is 5.92 Å². The summed E-state index contributed by atoms with van der Waals surface area (Å²) in [6.07, 6.45) is 0. The molecule has 0 amide bonds. The molecule has 15 heavy (non-hydrogen) atoms. The first-order valence-corrected chi connectivity index (χ1v) is 5.07. The molecule has 84 valence electrons. The molecule has 1 atom stereocenters. The third-order valence-corrected chi connectivity index (χ3v) is 2.51. The first kappa shape index (κ1) is 11.9. The molecule has 0 fully saturated rings. The molecule has 1 unspecified atom stereocenters. The lowest BCUT2D eigenvalue weighted by atomic mass is 9.97. The second kappa shape index (κ2) is 5.03. The maximum Gasteiger partial charge on any atom is 0.161 e. The highest BCUT2D eigenvalue weighted by molar-refractivity contribution is 5.43. The number of ether oxygens (including phenoxy) is 2. The van der Waals surface area contributed by atoms with Gasteiger partial charge in [-0.3, -0.25) is 0 Å². The predicted molar refractivity (Wildman–Crippen MR) is 61.3 cm³/mol. The van der Waals surface area contributed by atoms with Gasteiger partial charge < -0.3 is 15.2 Å². The SMILES string of the molecule is COc1ccc(C(N)C(C)C)cc1OC. The van der Waals surface area contributed by atoms with Gasteiger partial charge >= 0.3 is 0 Å². The molecule has 1 aromatic carbocycles. The highest BCUT2D eigenvalue weighted by Crippen LogP contribution is 2.31. The van der Waals surface area contributed by atoms with E-state index in [0.29, 0.717) is 5.92 Å². The molecule has 1 aromatic rings. The van der Waals surface area contributed by atoms with E-state index >= 15 is 0 Å². The molecule has 0 aliphatic carbocycles. The Morgan fingerprint density at radius 2 is 1.67 bits per heavy atom. The van der Waals surface area contributed by atoms with Crippen LogP contribution in [0.1, 0.15) is 25.5 Å². The molecule has 2 N–H and O–H groups in total. The van der Waals surface area contributed by atoms with Crippen molar-refractivity contribution in [3.8, 4) is 11.5 Å². The minimum absolute atomic E-state index is 0.0322. The molecule has 0 aliphatic rings. The maximum absolute atomic E-state index is 6.06. The van der Waals surface area contributed by atoms with Crippen molar-refractivity contribution in [2.45, 2.75) is 19.9 Å². The average molecular weight is 209 g/mol. The molecule has 0 spiro atoms. The number of hydrogen-bond acceptors (Lipinski definition) is 3. The lowest BCUT2D eigenvalue weighted by Gasteiger charge is -2.17. The van der Waals surface area contributed by atoms with Gasteiger partial charge in [0.15, 0.2) is 11.5 Å². The second-order valence-corrected chi connectivity index (χ2v) is 3.88. The van der Waals surface area contributed by atoms with Crippen molar-refractivity contribution < 1.29 is 9.47 Å². The van der Waals surface area contributed by atoms with Crippen LogP contribution in [0.4, 0.5) is 0 Å². The Balaban J connectivity index is 3.02. The Morgan fingerprint density at radius 3 is 2.13 bits per heavy atom. The number of hydrogen-bond donors (Lipinski definition) is 1. The highest BCUT2D eigenvalue weighted by Gasteiger charge is 2.13. The van der Waals surface area contributed by atoms with Gasteiger partial charge in [-0.15, -0.1) is 0 Å². The summed E-state index contributed by atoms with van der Waals surface area (Å²) in [7, 11) is 3.25. The van der Waals surface area contributed by atoms with E-state index in [1.54, 1.807) is 14.2 Å². The van der Waals surface area contributed by atoms with Gasteiger partial charge in [-0.05, 0) is 23.6 Å². The zero-order valence-corrected chi connectivity index (χ0v) is 9.78. The molecule has 3 nitrogen and oxygen atoms in total. The van der Waals surface area contributed by atoms with Gasteiger partial charge in [0.2, 0.25) is 0 Å². The van der Waals surface area contributed by atoms with Crippen molar-refractivity contribution in [3.05, 3.63) is 23.8 Å². The summed E-state index contributed by atoms with van der Waals surface area (Å²) >= 11 is 0. The Bertz CT molecular complexity index is 323. The smallest absolute Gasteiger partial charge is 0.161 e. The topological polar surface area (TPSA) is 44.5 Å². The molecule has 0 bridgehead atoms.